The van der Waals surface area contributed by atoms with Gasteiger partial charge in [0.25, 0.3) is 0 Å². The lowest BCUT2D eigenvalue weighted by molar-refractivity contribution is 0.608. The summed E-state index contributed by atoms with van der Waals surface area (Å²) in [4.78, 5) is 0. The van der Waals surface area contributed by atoms with Gasteiger partial charge in [0.05, 0.1) is 0 Å². The molecular weight excluding hydrogens is 142 g/mol. The lowest BCUT2D eigenvalue weighted by Crippen LogP contribution is -2.33. The Labute approximate surface area is 67.2 Å². The molecule has 0 bridgehead atoms. The van der Waals surface area contributed by atoms with Crippen LogP contribution in [0.3, 0.4) is 0 Å². The Morgan fingerprint density at radius 1 is 0.909 bits per heavy atom. The fraction of sp³-hybridized carbons (Fsp3) is 0. The minimum Gasteiger partial charge on any atom is -0.208 e. The highest BCUT2D eigenvalue weighted by atomic mass is 19.1. The minimum atomic E-state index is -0.961. The Balaban J connectivity index is 3.46. The summed E-state index contributed by atoms with van der Waals surface area (Å²) >= 11 is 0. The van der Waals surface area contributed by atoms with Gasteiger partial charge in [0.15, 0.2) is 0 Å². The van der Waals surface area contributed by atoms with Crippen LogP contribution in [-0.2, 0) is 0 Å². The third-order valence-corrected chi connectivity index (χ3v) is 1.29. The van der Waals surface area contributed by atoms with E-state index in [4.69, 9.17) is 23.5 Å². The van der Waals surface area contributed by atoms with Gasteiger partial charge in [0, 0.05) is 0 Å². The average Bonchev–Trinajstić information content (AvgIpc) is 1.97. The predicted octanol–water partition coefficient (Wildman–Crippen LogP) is -1.65. The first kappa shape index (κ1) is 8.37. The van der Waals surface area contributed by atoms with E-state index < -0.39 is 17.1 Å². The van der Waals surface area contributed by atoms with Gasteiger partial charge in [-0.05, 0) is 5.46 Å². The van der Waals surface area contributed by atoms with Gasteiger partial charge in [-0.1, -0.05) is 17.0 Å². The van der Waals surface area contributed by atoms with E-state index in [1.807, 2.05) is 0 Å². The summed E-state index contributed by atoms with van der Waals surface area (Å²) in [7, 11) is 15.2. The van der Waals surface area contributed by atoms with Crippen molar-refractivity contribution in [1.82, 2.24) is 0 Å². The van der Waals surface area contributed by atoms with Crippen LogP contribution in [0.1, 0.15) is 0 Å². The summed E-state index contributed by atoms with van der Waals surface area (Å²) in [6, 6.07) is 0.987. The SMILES string of the molecule is [B]c1cc([B])c(F)c([B])c1F. The standard InChI is InChI=1S/C6HB3F2/c7-2-1-3(8)6(11)4(9)5(2)10/h1H. The van der Waals surface area contributed by atoms with Crippen molar-refractivity contribution >= 4 is 39.9 Å². The Kier molecular flexibility index (Phi) is 2.07. The average molecular weight is 144 g/mol. The van der Waals surface area contributed by atoms with Gasteiger partial charge in [0.1, 0.15) is 35.2 Å². The van der Waals surface area contributed by atoms with E-state index in [1.165, 1.54) is 0 Å². The molecule has 6 radical (unpaired) electrons. The van der Waals surface area contributed by atoms with Crippen LogP contribution in [0.5, 0.6) is 0 Å². The lowest BCUT2D eigenvalue weighted by Gasteiger charge is -2.05. The first-order valence-electron chi connectivity index (χ1n) is 2.82. The second-order valence-electron chi connectivity index (χ2n) is 2.10. The summed E-state index contributed by atoms with van der Waals surface area (Å²) in [5.74, 6) is -1.92. The normalized spacial score (nSPS) is 10.0. The van der Waals surface area contributed by atoms with Gasteiger partial charge in [-0.2, -0.15) is 0 Å². The molecule has 1 aromatic carbocycles. The van der Waals surface area contributed by atoms with Gasteiger partial charge in [-0.25, -0.2) is 8.78 Å². The molecule has 11 heavy (non-hydrogen) atoms. The second kappa shape index (κ2) is 2.72. The molecule has 0 saturated heterocycles. The molecule has 0 aliphatic rings. The topological polar surface area (TPSA) is 0 Å². The van der Waals surface area contributed by atoms with Crippen molar-refractivity contribution in [3.8, 4) is 0 Å². The summed E-state index contributed by atoms with van der Waals surface area (Å²) in [6.07, 6.45) is 0. The van der Waals surface area contributed by atoms with Gasteiger partial charge < -0.3 is 0 Å². The number of benzene rings is 1. The highest BCUT2D eigenvalue weighted by Crippen LogP contribution is 1.90. The third-order valence-electron chi connectivity index (χ3n) is 1.29. The first-order chi connectivity index (χ1) is 5.04. The second-order valence-corrected chi connectivity index (χ2v) is 2.10. The Morgan fingerprint density at radius 2 is 1.27 bits per heavy atom. The molecule has 0 aromatic heterocycles. The molecule has 0 fully saturated rings. The maximum atomic E-state index is 12.6. The molecular formula is C6HB3F2. The van der Waals surface area contributed by atoms with Crippen LogP contribution in [0, 0.1) is 11.6 Å². The molecule has 0 aliphatic heterocycles. The van der Waals surface area contributed by atoms with Gasteiger partial charge >= 0.3 is 0 Å². The van der Waals surface area contributed by atoms with Crippen LogP contribution >= 0.6 is 0 Å². The highest BCUT2D eigenvalue weighted by Gasteiger charge is 2.07. The number of rotatable bonds is 0. The van der Waals surface area contributed by atoms with E-state index in [2.05, 4.69) is 0 Å². The van der Waals surface area contributed by atoms with E-state index >= 15 is 0 Å². The lowest BCUT2D eigenvalue weighted by atomic mass is 9.79. The summed E-state index contributed by atoms with van der Waals surface area (Å²) in [5.41, 5.74) is -1.13. The van der Waals surface area contributed by atoms with E-state index in [0.717, 1.165) is 6.07 Å². The van der Waals surface area contributed by atoms with Crippen LogP contribution < -0.4 is 16.4 Å². The number of hydrogen-bond acceptors (Lipinski definition) is 0. The van der Waals surface area contributed by atoms with Crippen molar-refractivity contribution in [1.29, 1.82) is 0 Å². The minimum absolute atomic E-state index is 0.249. The summed E-state index contributed by atoms with van der Waals surface area (Å²) < 4.78 is 25.3. The maximum Gasteiger partial charge on any atom is 0.121 e. The van der Waals surface area contributed by atoms with Crippen LogP contribution in [0.25, 0.3) is 0 Å². The van der Waals surface area contributed by atoms with E-state index in [-0.39, 0.29) is 10.9 Å². The fourth-order valence-electron chi connectivity index (χ4n) is 0.702. The molecule has 5 heteroatoms. The first-order valence-corrected chi connectivity index (χ1v) is 2.82. The highest BCUT2D eigenvalue weighted by molar-refractivity contribution is 6.43. The Hall–Kier alpha value is -0.725. The van der Waals surface area contributed by atoms with Crippen molar-refractivity contribution in [3.63, 3.8) is 0 Å². The zero-order valence-corrected chi connectivity index (χ0v) is 5.57. The van der Waals surface area contributed by atoms with Gasteiger partial charge in [-0.3, -0.25) is 0 Å². The zero-order chi connectivity index (χ0) is 8.59. The van der Waals surface area contributed by atoms with Crippen molar-refractivity contribution in [2.45, 2.75) is 0 Å². The van der Waals surface area contributed by atoms with Gasteiger partial charge in [0.2, 0.25) is 0 Å². The molecule has 0 unspecified atom stereocenters. The summed E-state index contributed by atoms with van der Waals surface area (Å²) in [5, 5.41) is 0. The third kappa shape index (κ3) is 1.32. The van der Waals surface area contributed by atoms with Crippen molar-refractivity contribution in [3.05, 3.63) is 17.7 Å². The van der Waals surface area contributed by atoms with E-state index in [9.17, 15) is 8.78 Å². The molecule has 1 aromatic rings. The molecule has 1 rings (SSSR count). The predicted molar refractivity (Wildman–Crippen MR) is 42.5 cm³/mol. The molecule has 0 amide bonds. The smallest absolute Gasteiger partial charge is 0.121 e. The molecule has 0 nitrogen and oxygen atoms in total. The van der Waals surface area contributed by atoms with E-state index in [1.54, 1.807) is 0 Å². The molecule has 0 N–H and O–H groups in total. The monoisotopic (exact) mass is 144 g/mol. The van der Waals surface area contributed by atoms with Crippen LogP contribution in [-0.4, -0.2) is 23.5 Å². The van der Waals surface area contributed by atoms with Crippen LogP contribution in [0.15, 0.2) is 6.07 Å². The molecule has 0 aliphatic carbocycles. The van der Waals surface area contributed by atoms with Gasteiger partial charge in [-0.15, -0.1) is 0 Å². The van der Waals surface area contributed by atoms with Crippen molar-refractivity contribution < 1.29 is 8.78 Å². The molecule has 0 heterocycles. The maximum absolute atomic E-state index is 12.6. The Bertz CT molecular complexity index is 272. The summed E-state index contributed by atoms with van der Waals surface area (Å²) in [6.45, 7) is 0. The zero-order valence-electron chi connectivity index (χ0n) is 5.57. The van der Waals surface area contributed by atoms with Crippen molar-refractivity contribution in [2.75, 3.05) is 0 Å². The number of hydrogen-bond donors (Lipinski definition) is 0. The number of halogens is 2. The fourth-order valence-corrected chi connectivity index (χ4v) is 0.702. The van der Waals surface area contributed by atoms with Crippen LogP contribution in [0.4, 0.5) is 8.78 Å². The van der Waals surface area contributed by atoms with E-state index in [0.29, 0.717) is 0 Å². The Morgan fingerprint density at radius 3 is 1.64 bits per heavy atom. The quantitative estimate of drug-likeness (QED) is 0.382. The molecule has 48 valence electrons. The molecule has 0 spiro atoms. The van der Waals surface area contributed by atoms with Crippen molar-refractivity contribution in [2.24, 2.45) is 0 Å². The molecule has 0 atom stereocenters. The molecule has 0 saturated carbocycles. The largest absolute Gasteiger partial charge is 0.208 e. The van der Waals surface area contributed by atoms with Crippen LogP contribution in [0.2, 0.25) is 0 Å².